The van der Waals surface area contributed by atoms with E-state index in [2.05, 4.69) is 5.32 Å². The predicted octanol–water partition coefficient (Wildman–Crippen LogP) is 4.78. The lowest BCUT2D eigenvalue weighted by Gasteiger charge is -2.23. The number of carbonyl (C=O) groups is 3. The molecule has 6 nitrogen and oxygen atoms in total. The number of hydrogen-bond acceptors (Lipinski definition) is 5. The second kappa shape index (κ2) is 10.6. The molecule has 4 atom stereocenters. The maximum absolute atomic E-state index is 13.4. The number of nitrogens with one attached hydrogen (secondary N) is 1. The van der Waals surface area contributed by atoms with Gasteiger partial charge in [-0.15, -0.1) is 0 Å². The number of ketones is 1. The molecule has 4 rings (SSSR count). The van der Waals surface area contributed by atoms with Gasteiger partial charge < -0.3 is 14.8 Å². The van der Waals surface area contributed by atoms with Gasteiger partial charge in [0.15, 0.2) is 5.78 Å². The molecule has 33 heavy (non-hydrogen) atoms. The molecule has 0 aliphatic heterocycles. The molecule has 6 heteroatoms. The maximum Gasteiger partial charge on any atom is 0.408 e. The zero-order chi connectivity index (χ0) is 23.2. The summed E-state index contributed by atoms with van der Waals surface area (Å²) in [5.41, 5.74) is 1.49. The van der Waals surface area contributed by atoms with Gasteiger partial charge >= 0.3 is 12.1 Å². The van der Waals surface area contributed by atoms with Crippen LogP contribution in [0.1, 0.15) is 48.0 Å². The minimum absolute atomic E-state index is 0.0320. The number of benzene rings is 2. The third-order valence-corrected chi connectivity index (χ3v) is 7.01. The largest absolute Gasteiger partial charge is 0.467 e. The Bertz CT molecular complexity index is 955. The summed E-state index contributed by atoms with van der Waals surface area (Å²) in [5, 5.41) is 2.72. The molecule has 2 saturated carbocycles. The average molecular weight is 450 g/mol. The fourth-order valence-corrected chi connectivity index (χ4v) is 5.39. The zero-order valence-corrected chi connectivity index (χ0v) is 18.9. The molecule has 0 unspecified atom stereocenters. The number of hydrogen-bond donors (Lipinski definition) is 1. The molecule has 0 bridgehead atoms. The molecule has 0 radical (unpaired) electrons. The maximum atomic E-state index is 13.4. The summed E-state index contributed by atoms with van der Waals surface area (Å²) >= 11 is 0. The van der Waals surface area contributed by atoms with Crippen LogP contribution in [0.2, 0.25) is 0 Å². The van der Waals surface area contributed by atoms with E-state index in [0.29, 0.717) is 11.5 Å². The van der Waals surface area contributed by atoms with Crippen LogP contribution >= 0.6 is 0 Å². The van der Waals surface area contributed by atoms with Gasteiger partial charge in [-0.05, 0) is 17.4 Å². The van der Waals surface area contributed by atoms with Crippen molar-refractivity contribution in [1.29, 1.82) is 0 Å². The number of methoxy groups -OCH3 is 1. The third-order valence-electron chi connectivity index (χ3n) is 7.01. The van der Waals surface area contributed by atoms with Crippen molar-refractivity contribution < 1.29 is 23.9 Å². The van der Waals surface area contributed by atoms with Gasteiger partial charge in [0.2, 0.25) is 0 Å². The Labute approximate surface area is 194 Å². The van der Waals surface area contributed by atoms with E-state index in [-0.39, 0.29) is 30.1 Å². The molecule has 0 saturated heterocycles. The van der Waals surface area contributed by atoms with Gasteiger partial charge in [-0.3, -0.25) is 4.79 Å². The zero-order valence-electron chi connectivity index (χ0n) is 18.9. The van der Waals surface area contributed by atoms with Crippen LogP contribution in [0, 0.1) is 23.7 Å². The van der Waals surface area contributed by atoms with Crippen molar-refractivity contribution in [3.05, 3.63) is 71.8 Å². The summed E-state index contributed by atoms with van der Waals surface area (Å²) in [6.07, 6.45) is 4.88. The van der Waals surface area contributed by atoms with Crippen molar-refractivity contribution in [1.82, 2.24) is 5.32 Å². The minimum Gasteiger partial charge on any atom is -0.467 e. The number of carbonyl (C=O) groups excluding carboxylic acids is 3. The van der Waals surface area contributed by atoms with E-state index in [0.717, 1.165) is 31.2 Å². The van der Waals surface area contributed by atoms with Crippen LogP contribution in [-0.2, 0) is 20.9 Å². The van der Waals surface area contributed by atoms with Gasteiger partial charge in [-0.25, -0.2) is 9.59 Å². The highest BCUT2D eigenvalue weighted by molar-refractivity contribution is 6.01. The molecule has 1 N–H and O–H groups in total. The molecular formula is C27H31NO5. The Morgan fingerprint density at radius 3 is 2.21 bits per heavy atom. The number of Topliss-reactive ketones (excluding diaryl/α,β-unsaturated/α-hetero) is 1. The molecule has 0 heterocycles. The summed E-state index contributed by atoms with van der Waals surface area (Å²) in [7, 11) is 1.30. The van der Waals surface area contributed by atoms with Crippen LogP contribution < -0.4 is 5.32 Å². The predicted molar refractivity (Wildman–Crippen MR) is 123 cm³/mol. The molecule has 2 aliphatic rings. The highest BCUT2D eigenvalue weighted by Crippen LogP contribution is 2.57. The van der Waals surface area contributed by atoms with E-state index >= 15 is 0 Å². The SMILES string of the molecule is COC(=O)[C@@H](NC(=O)OCc1ccccc1)[C@@H]1[C@@H](C(=O)c2ccccc2)[C@@H]1C1CCCCC1. The van der Waals surface area contributed by atoms with E-state index in [4.69, 9.17) is 9.47 Å². The van der Waals surface area contributed by atoms with Gasteiger partial charge in [0.25, 0.3) is 0 Å². The quantitative estimate of drug-likeness (QED) is 0.463. The van der Waals surface area contributed by atoms with E-state index in [9.17, 15) is 14.4 Å². The lowest BCUT2D eigenvalue weighted by molar-refractivity contribution is -0.143. The van der Waals surface area contributed by atoms with Crippen molar-refractivity contribution in [3.8, 4) is 0 Å². The highest BCUT2D eigenvalue weighted by atomic mass is 16.6. The van der Waals surface area contributed by atoms with E-state index < -0.39 is 18.1 Å². The van der Waals surface area contributed by atoms with Crippen LogP contribution in [0.5, 0.6) is 0 Å². The Morgan fingerprint density at radius 1 is 0.939 bits per heavy atom. The summed E-state index contributed by atoms with van der Waals surface area (Å²) in [6.45, 7) is 0.101. The minimum atomic E-state index is -0.914. The molecule has 0 aromatic heterocycles. The van der Waals surface area contributed by atoms with Gasteiger partial charge in [-0.1, -0.05) is 92.8 Å². The second-order valence-corrected chi connectivity index (χ2v) is 9.02. The fraction of sp³-hybridized carbons (Fsp3) is 0.444. The number of ether oxygens (including phenoxy) is 2. The van der Waals surface area contributed by atoms with Crippen molar-refractivity contribution in [2.24, 2.45) is 23.7 Å². The van der Waals surface area contributed by atoms with Crippen LogP contribution in [0.3, 0.4) is 0 Å². The van der Waals surface area contributed by atoms with Crippen LogP contribution in [0.25, 0.3) is 0 Å². The van der Waals surface area contributed by atoms with Gasteiger partial charge in [0.1, 0.15) is 12.6 Å². The van der Waals surface area contributed by atoms with E-state index in [1.165, 1.54) is 13.5 Å². The Kier molecular flexibility index (Phi) is 7.43. The lowest BCUT2D eigenvalue weighted by atomic mass is 9.83. The fourth-order valence-electron chi connectivity index (χ4n) is 5.39. The second-order valence-electron chi connectivity index (χ2n) is 9.02. The topological polar surface area (TPSA) is 81.7 Å². The van der Waals surface area contributed by atoms with Crippen molar-refractivity contribution in [2.45, 2.75) is 44.8 Å². The molecule has 2 aromatic rings. The average Bonchev–Trinajstić information content (AvgIpc) is 3.62. The summed E-state index contributed by atoms with van der Waals surface area (Å²) in [4.78, 5) is 38.7. The van der Waals surface area contributed by atoms with E-state index in [1.54, 1.807) is 0 Å². The van der Waals surface area contributed by atoms with E-state index in [1.807, 2.05) is 60.7 Å². The normalized spacial score (nSPS) is 23.2. The standard InChI is InChI=1S/C27H31NO5/c1-32-26(30)24(28-27(31)33-17-18-11-5-2-6-12-18)22-21(19-13-7-3-8-14-19)23(22)25(29)20-15-9-4-10-16-20/h2,4-6,9-12,15-16,19,21-24H,3,7-8,13-14,17H2,1H3,(H,28,31)/t21-,22+,23+,24+/m1/s1. The first-order valence-corrected chi connectivity index (χ1v) is 11.7. The Morgan fingerprint density at radius 2 is 1.58 bits per heavy atom. The summed E-state index contributed by atoms with van der Waals surface area (Å²) in [6, 6.07) is 17.6. The number of esters is 1. The molecule has 2 aromatic carbocycles. The first-order valence-electron chi connectivity index (χ1n) is 11.7. The van der Waals surface area contributed by atoms with Gasteiger partial charge in [-0.2, -0.15) is 0 Å². The molecule has 174 valence electrons. The Hall–Kier alpha value is -3.15. The Balaban J connectivity index is 1.51. The summed E-state index contributed by atoms with van der Waals surface area (Å²) < 4.78 is 10.4. The molecular weight excluding hydrogens is 418 g/mol. The number of rotatable bonds is 8. The van der Waals surface area contributed by atoms with Crippen LogP contribution in [0.4, 0.5) is 4.79 Å². The lowest BCUT2D eigenvalue weighted by Crippen LogP contribution is -2.44. The van der Waals surface area contributed by atoms with Crippen molar-refractivity contribution in [2.75, 3.05) is 7.11 Å². The molecule has 2 fully saturated rings. The first-order chi connectivity index (χ1) is 16.1. The van der Waals surface area contributed by atoms with Crippen LogP contribution in [-0.4, -0.2) is 31.0 Å². The molecule has 2 aliphatic carbocycles. The summed E-state index contributed by atoms with van der Waals surface area (Å²) in [5.74, 6) is -0.691. The molecule has 1 amide bonds. The molecule has 0 spiro atoms. The highest BCUT2D eigenvalue weighted by Gasteiger charge is 2.62. The smallest absolute Gasteiger partial charge is 0.408 e. The monoisotopic (exact) mass is 449 g/mol. The van der Waals surface area contributed by atoms with Crippen molar-refractivity contribution >= 4 is 17.8 Å². The van der Waals surface area contributed by atoms with Gasteiger partial charge in [0, 0.05) is 17.4 Å². The third kappa shape index (κ3) is 5.44. The number of alkyl carbamates (subject to hydrolysis) is 1. The van der Waals surface area contributed by atoms with Crippen molar-refractivity contribution in [3.63, 3.8) is 0 Å². The van der Waals surface area contributed by atoms with Gasteiger partial charge in [0.05, 0.1) is 7.11 Å². The van der Waals surface area contributed by atoms with Crippen LogP contribution in [0.15, 0.2) is 60.7 Å². The number of amides is 1. The first kappa shape index (κ1) is 23.0.